The Kier molecular flexibility index (Phi) is 4.65. The lowest BCUT2D eigenvalue weighted by Crippen LogP contribution is -2.44. The molecule has 0 fully saturated rings. The summed E-state index contributed by atoms with van der Waals surface area (Å²) in [5.74, 6) is -1.02. The van der Waals surface area contributed by atoms with Crippen LogP contribution in [0.25, 0.3) is 0 Å². The Morgan fingerprint density at radius 2 is 2.09 bits per heavy atom. The van der Waals surface area contributed by atoms with Gasteiger partial charge in [0.1, 0.15) is 11.8 Å². The zero-order chi connectivity index (χ0) is 16.3. The first-order chi connectivity index (χ1) is 10.4. The van der Waals surface area contributed by atoms with Crippen molar-refractivity contribution in [2.24, 2.45) is 0 Å². The van der Waals surface area contributed by atoms with E-state index >= 15 is 0 Å². The number of anilines is 1. The number of para-hydroxylation sites is 2. The Morgan fingerprint density at radius 3 is 2.77 bits per heavy atom. The molecule has 1 aromatic carbocycles. The van der Waals surface area contributed by atoms with E-state index < -0.39 is 12.0 Å². The van der Waals surface area contributed by atoms with Crippen molar-refractivity contribution in [2.45, 2.75) is 19.4 Å². The fourth-order valence-electron chi connectivity index (χ4n) is 2.16. The van der Waals surface area contributed by atoms with Crippen LogP contribution in [0.2, 0.25) is 0 Å². The number of amides is 2. The molecule has 1 heterocycles. The lowest BCUT2D eigenvalue weighted by Gasteiger charge is -2.30. The predicted octanol–water partition coefficient (Wildman–Crippen LogP) is 0.734. The minimum absolute atomic E-state index is 0.0498. The van der Waals surface area contributed by atoms with Gasteiger partial charge in [0.2, 0.25) is 5.91 Å². The maximum atomic E-state index is 12.0. The first kappa shape index (κ1) is 15.8. The van der Waals surface area contributed by atoms with E-state index in [4.69, 9.17) is 9.84 Å². The highest BCUT2D eigenvalue weighted by Gasteiger charge is 2.27. The van der Waals surface area contributed by atoms with E-state index in [1.807, 2.05) is 0 Å². The van der Waals surface area contributed by atoms with Crippen molar-refractivity contribution in [3.05, 3.63) is 24.3 Å². The summed E-state index contributed by atoms with van der Waals surface area (Å²) >= 11 is 0. The lowest BCUT2D eigenvalue weighted by molar-refractivity contribution is -0.148. The summed E-state index contributed by atoms with van der Waals surface area (Å²) in [5.41, 5.74) is 0.625. The molecule has 2 amide bonds. The third kappa shape index (κ3) is 3.19. The van der Waals surface area contributed by atoms with Gasteiger partial charge in [0, 0.05) is 20.0 Å². The number of carboxylic acid groups (broad SMARTS) is 1. The zero-order valence-corrected chi connectivity index (χ0v) is 12.5. The Morgan fingerprint density at radius 1 is 1.41 bits per heavy atom. The Bertz CT molecular complexity index is 601. The standard InChI is InChI=1S/C15H18N2O5/c1-10(15(20)21)16(2)13(18)7-8-17-11-5-3-4-6-12(11)22-9-14(17)19/h3-6,10H,7-9H2,1-2H3,(H,20,21). The average Bonchev–Trinajstić information content (AvgIpc) is 2.52. The van der Waals surface area contributed by atoms with Gasteiger partial charge in [-0.15, -0.1) is 0 Å². The number of carbonyl (C=O) groups excluding carboxylic acids is 2. The van der Waals surface area contributed by atoms with Crippen LogP contribution in [0.3, 0.4) is 0 Å². The van der Waals surface area contributed by atoms with Crippen molar-refractivity contribution in [2.75, 3.05) is 25.1 Å². The molecular weight excluding hydrogens is 288 g/mol. The summed E-state index contributed by atoms with van der Waals surface area (Å²) in [6.07, 6.45) is 0.0498. The van der Waals surface area contributed by atoms with Crippen LogP contribution in [0.5, 0.6) is 5.75 Å². The molecule has 0 bridgehead atoms. The normalized spacial score (nSPS) is 14.8. The molecule has 0 aromatic heterocycles. The largest absolute Gasteiger partial charge is 0.482 e. The molecular formula is C15H18N2O5. The fourth-order valence-corrected chi connectivity index (χ4v) is 2.16. The third-order valence-corrected chi connectivity index (χ3v) is 3.69. The molecule has 1 unspecified atom stereocenters. The number of aliphatic carboxylic acids is 1. The van der Waals surface area contributed by atoms with Crippen LogP contribution >= 0.6 is 0 Å². The molecule has 0 aliphatic carbocycles. The van der Waals surface area contributed by atoms with Gasteiger partial charge in [-0.1, -0.05) is 12.1 Å². The molecule has 7 heteroatoms. The average molecular weight is 306 g/mol. The number of fused-ring (bicyclic) bond motifs is 1. The van der Waals surface area contributed by atoms with Crippen LogP contribution in [-0.2, 0) is 14.4 Å². The molecule has 1 atom stereocenters. The van der Waals surface area contributed by atoms with Gasteiger partial charge in [-0.3, -0.25) is 9.59 Å². The number of nitrogens with zero attached hydrogens (tertiary/aromatic N) is 2. The summed E-state index contributed by atoms with van der Waals surface area (Å²) in [4.78, 5) is 37.6. The third-order valence-electron chi connectivity index (χ3n) is 3.69. The summed E-state index contributed by atoms with van der Waals surface area (Å²) in [7, 11) is 1.44. The number of carboxylic acids is 1. The predicted molar refractivity (Wildman–Crippen MR) is 78.8 cm³/mol. The fraction of sp³-hybridized carbons (Fsp3) is 0.400. The van der Waals surface area contributed by atoms with Crippen LogP contribution in [0.15, 0.2) is 24.3 Å². The number of hydrogen-bond donors (Lipinski definition) is 1. The highest BCUT2D eigenvalue weighted by atomic mass is 16.5. The zero-order valence-electron chi connectivity index (χ0n) is 12.5. The molecule has 0 radical (unpaired) electrons. The van der Waals surface area contributed by atoms with Gasteiger partial charge in [0.15, 0.2) is 6.61 Å². The summed E-state index contributed by atoms with van der Waals surface area (Å²) < 4.78 is 5.33. The molecule has 2 rings (SSSR count). The SMILES string of the molecule is CC(C(=O)O)N(C)C(=O)CCN1C(=O)COc2ccccc21. The quantitative estimate of drug-likeness (QED) is 0.866. The molecule has 118 valence electrons. The number of carbonyl (C=O) groups is 3. The van der Waals surface area contributed by atoms with E-state index in [-0.39, 0.29) is 31.4 Å². The van der Waals surface area contributed by atoms with Gasteiger partial charge in [-0.2, -0.15) is 0 Å². The van der Waals surface area contributed by atoms with E-state index in [0.29, 0.717) is 11.4 Å². The van der Waals surface area contributed by atoms with E-state index in [0.717, 1.165) is 0 Å². The number of benzene rings is 1. The van der Waals surface area contributed by atoms with Crippen molar-refractivity contribution >= 4 is 23.5 Å². The van der Waals surface area contributed by atoms with E-state index in [2.05, 4.69) is 0 Å². The monoisotopic (exact) mass is 306 g/mol. The number of hydrogen-bond acceptors (Lipinski definition) is 4. The minimum atomic E-state index is -1.07. The number of rotatable bonds is 5. The van der Waals surface area contributed by atoms with Gasteiger partial charge < -0.3 is 19.6 Å². The molecule has 7 nitrogen and oxygen atoms in total. The summed E-state index contributed by atoms with van der Waals surface area (Å²) in [6.45, 7) is 1.57. The molecule has 0 spiro atoms. The van der Waals surface area contributed by atoms with Gasteiger partial charge in [-0.25, -0.2) is 4.79 Å². The van der Waals surface area contributed by atoms with Crippen molar-refractivity contribution in [1.29, 1.82) is 0 Å². The van der Waals surface area contributed by atoms with Gasteiger partial charge in [0.25, 0.3) is 5.91 Å². The Balaban J connectivity index is 2.04. The van der Waals surface area contributed by atoms with Crippen LogP contribution in [0, 0.1) is 0 Å². The molecule has 1 aliphatic heterocycles. The second kappa shape index (κ2) is 6.46. The van der Waals surface area contributed by atoms with Crippen molar-refractivity contribution in [3.63, 3.8) is 0 Å². The van der Waals surface area contributed by atoms with E-state index in [1.165, 1.54) is 23.8 Å². The van der Waals surface area contributed by atoms with Crippen molar-refractivity contribution in [3.8, 4) is 5.75 Å². The lowest BCUT2D eigenvalue weighted by atomic mass is 10.2. The van der Waals surface area contributed by atoms with Gasteiger partial charge >= 0.3 is 5.97 Å². The van der Waals surface area contributed by atoms with Crippen LogP contribution in [-0.4, -0.2) is 54.0 Å². The maximum absolute atomic E-state index is 12.0. The summed E-state index contributed by atoms with van der Waals surface area (Å²) in [5, 5.41) is 8.92. The topological polar surface area (TPSA) is 87.2 Å². The molecule has 1 aromatic rings. The van der Waals surface area contributed by atoms with Gasteiger partial charge in [-0.05, 0) is 19.1 Å². The van der Waals surface area contributed by atoms with Crippen LogP contribution < -0.4 is 9.64 Å². The minimum Gasteiger partial charge on any atom is -0.482 e. The maximum Gasteiger partial charge on any atom is 0.326 e. The smallest absolute Gasteiger partial charge is 0.326 e. The van der Waals surface area contributed by atoms with Crippen LogP contribution in [0.1, 0.15) is 13.3 Å². The van der Waals surface area contributed by atoms with Crippen molar-refractivity contribution in [1.82, 2.24) is 4.90 Å². The second-order valence-electron chi connectivity index (χ2n) is 5.07. The van der Waals surface area contributed by atoms with Gasteiger partial charge in [0.05, 0.1) is 5.69 Å². The first-order valence-corrected chi connectivity index (χ1v) is 6.92. The molecule has 1 N–H and O–H groups in total. The van der Waals surface area contributed by atoms with E-state index in [9.17, 15) is 14.4 Å². The molecule has 1 aliphatic rings. The highest BCUT2D eigenvalue weighted by Crippen LogP contribution is 2.31. The first-order valence-electron chi connectivity index (χ1n) is 6.92. The van der Waals surface area contributed by atoms with E-state index in [1.54, 1.807) is 24.3 Å². The number of ether oxygens (including phenoxy) is 1. The molecule has 22 heavy (non-hydrogen) atoms. The Labute approximate surface area is 128 Å². The Hall–Kier alpha value is -2.57. The second-order valence-corrected chi connectivity index (χ2v) is 5.07. The molecule has 0 saturated heterocycles. The highest BCUT2D eigenvalue weighted by molar-refractivity contribution is 5.98. The molecule has 0 saturated carbocycles. The number of likely N-dealkylation sites (N-methyl/N-ethyl adjacent to an activating group) is 1. The van der Waals surface area contributed by atoms with Crippen LogP contribution in [0.4, 0.5) is 5.69 Å². The summed E-state index contributed by atoms with van der Waals surface area (Å²) in [6, 6.07) is 6.20. The van der Waals surface area contributed by atoms with Crippen molar-refractivity contribution < 1.29 is 24.2 Å².